The number of amides is 1. The molecule has 1 unspecified atom stereocenters. The van der Waals surface area contributed by atoms with Gasteiger partial charge in [0.15, 0.2) is 9.84 Å². The number of aliphatic hydroxyl groups is 1. The zero-order valence-electron chi connectivity index (χ0n) is 18.5. The van der Waals surface area contributed by atoms with Crippen LogP contribution in [-0.2, 0) is 27.2 Å². The molecule has 0 aliphatic carbocycles. The maximum atomic E-state index is 13.3. The SMILES string of the molecule is CC(C)(C1CCN(C(=O)C(O)Cc2ccccc2)CC1)S(=O)(=O)c1cccc(C(F)(F)F)c1. The Balaban J connectivity index is 1.68. The molecule has 1 N–H and O–H groups in total. The van der Waals surface area contributed by atoms with Crippen LogP contribution in [0.25, 0.3) is 0 Å². The highest BCUT2D eigenvalue weighted by Crippen LogP contribution is 2.39. The molecule has 5 nitrogen and oxygen atoms in total. The smallest absolute Gasteiger partial charge is 0.383 e. The summed E-state index contributed by atoms with van der Waals surface area (Å²) < 4.78 is 64.4. The van der Waals surface area contributed by atoms with Crippen LogP contribution < -0.4 is 0 Å². The third-order valence-corrected chi connectivity index (χ3v) is 9.10. The van der Waals surface area contributed by atoms with Crippen molar-refractivity contribution in [3.05, 3.63) is 65.7 Å². The van der Waals surface area contributed by atoms with Crippen molar-refractivity contribution >= 4 is 15.7 Å². The van der Waals surface area contributed by atoms with Gasteiger partial charge >= 0.3 is 6.18 Å². The van der Waals surface area contributed by atoms with E-state index in [1.165, 1.54) is 24.8 Å². The topological polar surface area (TPSA) is 74.7 Å². The van der Waals surface area contributed by atoms with Crippen molar-refractivity contribution in [1.82, 2.24) is 4.90 Å². The van der Waals surface area contributed by atoms with Crippen molar-refractivity contribution in [1.29, 1.82) is 0 Å². The highest BCUT2D eigenvalue weighted by molar-refractivity contribution is 7.92. The Morgan fingerprint density at radius 3 is 2.24 bits per heavy atom. The first-order valence-corrected chi connectivity index (χ1v) is 12.2. The van der Waals surface area contributed by atoms with Crippen LogP contribution in [0.2, 0.25) is 0 Å². The molecule has 1 atom stereocenters. The molecule has 0 aromatic heterocycles. The second-order valence-corrected chi connectivity index (χ2v) is 11.5. The summed E-state index contributed by atoms with van der Waals surface area (Å²) >= 11 is 0. The van der Waals surface area contributed by atoms with Gasteiger partial charge in [0.25, 0.3) is 5.91 Å². The lowest BCUT2D eigenvalue weighted by atomic mass is 9.85. The molecule has 180 valence electrons. The van der Waals surface area contributed by atoms with Crippen LogP contribution in [0.4, 0.5) is 13.2 Å². The number of carbonyl (C=O) groups excluding carboxylic acids is 1. The molecule has 3 rings (SSSR count). The number of piperidine rings is 1. The molecule has 0 radical (unpaired) electrons. The average Bonchev–Trinajstić information content (AvgIpc) is 2.78. The normalized spacial score (nSPS) is 17.1. The minimum Gasteiger partial charge on any atom is -0.383 e. The number of halogens is 3. The second-order valence-electron chi connectivity index (χ2n) is 8.94. The summed E-state index contributed by atoms with van der Waals surface area (Å²) in [5, 5.41) is 10.3. The van der Waals surface area contributed by atoms with Crippen molar-refractivity contribution in [3.63, 3.8) is 0 Å². The van der Waals surface area contributed by atoms with E-state index in [-0.39, 0.29) is 30.3 Å². The predicted molar refractivity (Wildman–Crippen MR) is 118 cm³/mol. The molecule has 1 aliphatic rings. The number of likely N-dealkylation sites (tertiary alicyclic amines) is 1. The van der Waals surface area contributed by atoms with Crippen molar-refractivity contribution < 1.29 is 31.5 Å². The van der Waals surface area contributed by atoms with Crippen molar-refractivity contribution in [2.24, 2.45) is 5.92 Å². The maximum absolute atomic E-state index is 13.3. The lowest BCUT2D eigenvalue weighted by Crippen LogP contribution is -2.50. The van der Waals surface area contributed by atoms with Gasteiger partial charge in [-0.3, -0.25) is 4.79 Å². The van der Waals surface area contributed by atoms with E-state index in [1.807, 2.05) is 30.3 Å². The molecular formula is C24H28F3NO4S. The Morgan fingerprint density at radius 1 is 1.06 bits per heavy atom. The Morgan fingerprint density at radius 2 is 1.67 bits per heavy atom. The summed E-state index contributed by atoms with van der Waals surface area (Å²) in [7, 11) is -4.07. The molecule has 0 bridgehead atoms. The molecule has 1 heterocycles. The summed E-state index contributed by atoms with van der Waals surface area (Å²) in [6.07, 6.45) is -4.90. The molecule has 1 aliphatic heterocycles. The number of rotatable bonds is 6. The molecule has 1 fully saturated rings. The van der Waals surface area contributed by atoms with Gasteiger partial charge in [-0.2, -0.15) is 13.2 Å². The number of hydrogen-bond acceptors (Lipinski definition) is 4. The fraction of sp³-hybridized carbons (Fsp3) is 0.458. The number of hydrogen-bond donors (Lipinski definition) is 1. The Hall–Kier alpha value is -2.39. The fourth-order valence-corrected chi connectivity index (χ4v) is 6.12. The molecule has 9 heteroatoms. The van der Waals surface area contributed by atoms with Gasteiger partial charge in [-0.25, -0.2) is 8.42 Å². The first-order valence-electron chi connectivity index (χ1n) is 10.8. The Bertz CT molecular complexity index is 1080. The van der Waals surface area contributed by atoms with E-state index < -0.39 is 38.3 Å². The molecule has 1 saturated heterocycles. The van der Waals surface area contributed by atoms with Gasteiger partial charge < -0.3 is 10.0 Å². The van der Waals surface area contributed by atoms with Gasteiger partial charge in [0.05, 0.1) is 15.2 Å². The monoisotopic (exact) mass is 483 g/mol. The van der Waals surface area contributed by atoms with Crippen LogP contribution in [0.5, 0.6) is 0 Å². The van der Waals surface area contributed by atoms with Crippen LogP contribution in [0, 0.1) is 5.92 Å². The molecule has 33 heavy (non-hydrogen) atoms. The van der Waals surface area contributed by atoms with E-state index in [2.05, 4.69) is 0 Å². The van der Waals surface area contributed by atoms with Crippen molar-refractivity contribution in [3.8, 4) is 0 Å². The number of nitrogens with zero attached hydrogens (tertiary/aromatic N) is 1. The minimum absolute atomic E-state index is 0.190. The van der Waals surface area contributed by atoms with E-state index in [9.17, 15) is 31.5 Å². The van der Waals surface area contributed by atoms with Crippen LogP contribution in [0.3, 0.4) is 0 Å². The van der Waals surface area contributed by atoms with E-state index in [0.29, 0.717) is 18.9 Å². The van der Waals surface area contributed by atoms with E-state index in [4.69, 9.17) is 0 Å². The zero-order valence-corrected chi connectivity index (χ0v) is 19.4. The number of carbonyl (C=O) groups is 1. The largest absolute Gasteiger partial charge is 0.416 e. The van der Waals surface area contributed by atoms with Gasteiger partial charge in [-0.1, -0.05) is 36.4 Å². The lowest BCUT2D eigenvalue weighted by molar-refractivity contribution is -0.141. The molecular weight excluding hydrogens is 455 g/mol. The third-order valence-electron chi connectivity index (χ3n) is 6.51. The maximum Gasteiger partial charge on any atom is 0.416 e. The number of aliphatic hydroxyl groups excluding tert-OH is 1. The number of benzene rings is 2. The highest BCUT2D eigenvalue weighted by Gasteiger charge is 2.45. The Labute approximate surface area is 192 Å². The average molecular weight is 484 g/mol. The second kappa shape index (κ2) is 9.46. The zero-order chi connectivity index (χ0) is 24.4. The summed E-state index contributed by atoms with van der Waals surface area (Å²) in [6, 6.07) is 12.9. The number of sulfone groups is 1. The fourth-order valence-electron chi connectivity index (χ4n) is 4.29. The van der Waals surface area contributed by atoms with Crippen LogP contribution in [0.1, 0.15) is 37.8 Å². The highest BCUT2D eigenvalue weighted by atomic mass is 32.2. The van der Waals surface area contributed by atoms with Crippen LogP contribution >= 0.6 is 0 Å². The van der Waals surface area contributed by atoms with Crippen LogP contribution in [-0.4, -0.2) is 48.3 Å². The van der Waals surface area contributed by atoms with E-state index in [1.54, 1.807) is 0 Å². The third kappa shape index (κ3) is 5.41. The van der Waals surface area contributed by atoms with E-state index in [0.717, 1.165) is 17.7 Å². The summed E-state index contributed by atoms with van der Waals surface area (Å²) in [5.74, 6) is -0.761. The summed E-state index contributed by atoms with van der Waals surface area (Å²) in [5.41, 5.74) is -0.172. The quantitative estimate of drug-likeness (QED) is 0.672. The van der Waals surface area contributed by atoms with Crippen LogP contribution in [0.15, 0.2) is 59.5 Å². The molecule has 2 aromatic rings. The summed E-state index contributed by atoms with van der Waals surface area (Å²) in [4.78, 5) is 13.8. The van der Waals surface area contributed by atoms with Gasteiger partial charge in [-0.15, -0.1) is 0 Å². The van der Waals surface area contributed by atoms with Crippen molar-refractivity contribution in [2.75, 3.05) is 13.1 Å². The first-order chi connectivity index (χ1) is 15.3. The Kier molecular flexibility index (Phi) is 7.24. The van der Waals surface area contributed by atoms with Gasteiger partial charge in [0.2, 0.25) is 0 Å². The first kappa shape index (κ1) is 25.2. The number of alkyl halides is 3. The minimum atomic E-state index is -4.64. The molecule has 2 aromatic carbocycles. The van der Waals surface area contributed by atoms with Gasteiger partial charge in [0, 0.05) is 19.5 Å². The van der Waals surface area contributed by atoms with Gasteiger partial charge in [0.1, 0.15) is 6.10 Å². The summed E-state index contributed by atoms with van der Waals surface area (Å²) in [6.45, 7) is 3.60. The lowest BCUT2D eigenvalue weighted by Gasteiger charge is -2.40. The van der Waals surface area contributed by atoms with Gasteiger partial charge in [-0.05, 0) is 56.4 Å². The van der Waals surface area contributed by atoms with Crippen molar-refractivity contribution in [2.45, 2.75) is 55.0 Å². The molecule has 0 spiro atoms. The predicted octanol–water partition coefficient (Wildman–Crippen LogP) is 4.10. The standard InChI is InChI=1S/C24H28F3NO4S/c1-23(2,33(31,32)20-10-6-9-19(16-20)24(25,26)27)18-11-13-28(14-12-18)22(30)21(29)15-17-7-4-3-5-8-17/h3-10,16,18,21,29H,11-15H2,1-2H3. The molecule has 0 saturated carbocycles. The molecule has 1 amide bonds. The van der Waals surface area contributed by atoms with E-state index >= 15 is 0 Å².